The van der Waals surface area contributed by atoms with Gasteiger partial charge in [0.25, 0.3) is 0 Å². The summed E-state index contributed by atoms with van der Waals surface area (Å²) in [7, 11) is 0. The molecule has 1 aliphatic carbocycles. The van der Waals surface area contributed by atoms with E-state index in [0.717, 1.165) is 18.4 Å². The van der Waals surface area contributed by atoms with E-state index in [2.05, 4.69) is 4.74 Å². The Balaban J connectivity index is 1.81. The summed E-state index contributed by atoms with van der Waals surface area (Å²) in [6, 6.07) is 6.24. The van der Waals surface area contributed by atoms with Crippen LogP contribution >= 0.6 is 0 Å². The SMILES string of the molecule is NC(CCc1ccc(OC(F)(F)F)cc1)C1CCCC1. The van der Waals surface area contributed by atoms with Crippen molar-refractivity contribution in [3.63, 3.8) is 0 Å². The molecule has 0 aromatic heterocycles. The van der Waals surface area contributed by atoms with E-state index < -0.39 is 6.36 Å². The first kappa shape index (κ1) is 15.2. The van der Waals surface area contributed by atoms with Crippen molar-refractivity contribution in [3.05, 3.63) is 29.8 Å². The minimum atomic E-state index is -4.63. The third kappa shape index (κ3) is 4.71. The van der Waals surface area contributed by atoms with Crippen LogP contribution in [0.1, 0.15) is 37.7 Å². The zero-order valence-electron chi connectivity index (χ0n) is 11.3. The summed E-state index contributed by atoms with van der Waals surface area (Å²) < 4.78 is 39.9. The van der Waals surface area contributed by atoms with E-state index in [4.69, 9.17) is 5.73 Å². The van der Waals surface area contributed by atoms with Crippen LogP contribution in [0.25, 0.3) is 0 Å². The van der Waals surface area contributed by atoms with E-state index in [1.165, 1.54) is 37.8 Å². The lowest BCUT2D eigenvalue weighted by molar-refractivity contribution is -0.274. The maximum atomic E-state index is 12.0. The summed E-state index contributed by atoms with van der Waals surface area (Å²) >= 11 is 0. The minimum Gasteiger partial charge on any atom is -0.406 e. The van der Waals surface area contributed by atoms with Crippen molar-refractivity contribution >= 4 is 0 Å². The monoisotopic (exact) mass is 287 g/mol. The summed E-state index contributed by atoms with van der Waals surface area (Å²) in [6.07, 6.45) is 1.99. The average molecular weight is 287 g/mol. The third-order valence-corrected chi connectivity index (χ3v) is 3.93. The molecule has 1 saturated carbocycles. The number of halogens is 3. The molecule has 1 aliphatic rings. The second-order valence-electron chi connectivity index (χ2n) is 5.44. The van der Waals surface area contributed by atoms with E-state index in [0.29, 0.717) is 5.92 Å². The van der Waals surface area contributed by atoms with Crippen LogP contribution in [-0.2, 0) is 6.42 Å². The Kier molecular flexibility index (Phi) is 4.91. The van der Waals surface area contributed by atoms with Gasteiger partial charge in [0, 0.05) is 6.04 Å². The van der Waals surface area contributed by atoms with Gasteiger partial charge >= 0.3 is 6.36 Å². The molecule has 2 N–H and O–H groups in total. The summed E-state index contributed by atoms with van der Waals surface area (Å²) in [5, 5.41) is 0. The van der Waals surface area contributed by atoms with Gasteiger partial charge in [-0.15, -0.1) is 13.2 Å². The Morgan fingerprint density at radius 3 is 2.30 bits per heavy atom. The average Bonchev–Trinajstić information content (AvgIpc) is 2.89. The molecular weight excluding hydrogens is 267 g/mol. The van der Waals surface area contributed by atoms with Gasteiger partial charge in [-0.1, -0.05) is 25.0 Å². The molecular formula is C15H20F3NO. The topological polar surface area (TPSA) is 35.2 Å². The smallest absolute Gasteiger partial charge is 0.406 e. The number of rotatable bonds is 5. The molecule has 1 unspecified atom stereocenters. The number of hydrogen-bond acceptors (Lipinski definition) is 2. The fourth-order valence-electron chi connectivity index (χ4n) is 2.81. The zero-order chi connectivity index (χ0) is 14.6. The Morgan fingerprint density at radius 2 is 1.75 bits per heavy atom. The summed E-state index contributed by atoms with van der Waals surface area (Å²) in [5.41, 5.74) is 7.16. The molecule has 5 heteroatoms. The van der Waals surface area contributed by atoms with Gasteiger partial charge in [-0.2, -0.15) is 0 Å². The molecule has 1 fully saturated rings. The molecule has 20 heavy (non-hydrogen) atoms. The van der Waals surface area contributed by atoms with E-state index >= 15 is 0 Å². The molecule has 0 radical (unpaired) electrons. The van der Waals surface area contributed by atoms with Gasteiger partial charge in [0.05, 0.1) is 0 Å². The molecule has 0 spiro atoms. The highest BCUT2D eigenvalue weighted by molar-refractivity contribution is 5.27. The highest BCUT2D eigenvalue weighted by Crippen LogP contribution is 2.29. The number of ether oxygens (including phenoxy) is 1. The molecule has 1 atom stereocenters. The lowest BCUT2D eigenvalue weighted by Crippen LogP contribution is -2.28. The van der Waals surface area contributed by atoms with Crippen molar-refractivity contribution in [2.45, 2.75) is 50.9 Å². The molecule has 1 aromatic rings. The Bertz CT molecular complexity index is 410. The van der Waals surface area contributed by atoms with Crippen molar-refractivity contribution < 1.29 is 17.9 Å². The highest BCUT2D eigenvalue weighted by Gasteiger charge is 2.31. The van der Waals surface area contributed by atoms with Crippen LogP contribution in [0.15, 0.2) is 24.3 Å². The second kappa shape index (κ2) is 6.48. The Morgan fingerprint density at radius 1 is 1.15 bits per heavy atom. The Hall–Kier alpha value is -1.23. The zero-order valence-corrected chi connectivity index (χ0v) is 11.3. The molecule has 0 saturated heterocycles. The van der Waals surface area contributed by atoms with Crippen molar-refractivity contribution in [2.75, 3.05) is 0 Å². The molecule has 112 valence electrons. The lowest BCUT2D eigenvalue weighted by Gasteiger charge is -2.18. The summed E-state index contributed by atoms with van der Waals surface area (Å²) in [5.74, 6) is 0.434. The normalized spacial score (nSPS) is 18.2. The van der Waals surface area contributed by atoms with Crippen molar-refractivity contribution in [2.24, 2.45) is 11.7 Å². The van der Waals surface area contributed by atoms with Crippen LogP contribution in [0.5, 0.6) is 5.75 Å². The quantitative estimate of drug-likeness (QED) is 0.887. The Labute approximate surface area is 117 Å². The van der Waals surface area contributed by atoms with Gasteiger partial charge < -0.3 is 10.5 Å². The van der Waals surface area contributed by atoms with Crippen LogP contribution in [0.2, 0.25) is 0 Å². The van der Waals surface area contributed by atoms with Gasteiger partial charge in [0.1, 0.15) is 5.75 Å². The standard InChI is InChI=1S/C15H20F3NO/c16-15(17,18)20-13-8-5-11(6-9-13)7-10-14(19)12-3-1-2-4-12/h5-6,8-9,12,14H,1-4,7,10,19H2. The fourth-order valence-corrected chi connectivity index (χ4v) is 2.81. The predicted molar refractivity (Wildman–Crippen MR) is 71.4 cm³/mol. The first-order chi connectivity index (χ1) is 9.44. The summed E-state index contributed by atoms with van der Waals surface area (Å²) in [4.78, 5) is 0. The molecule has 0 bridgehead atoms. The molecule has 2 nitrogen and oxygen atoms in total. The molecule has 2 rings (SSSR count). The predicted octanol–water partition coefficient (Wildman–Crippen LogP) is 4.04. The largest absolute Gasteiger partial charge is 0.573 e. The van der Waals surface area contributed by atoms with Crippen LogP contribution in [0.4, 0.5) is 13.2 Å². The maximum Gasteiger partial charge on any atom is 0.573 e. The number of benzene rings is 1. The van der Waals surface area contributed by atoms with Gasteiger partial charge in [-0.25, -0.2) is 0 Å². The van der Waals surface area contributed by atoms with Crippen LogP contribution in [0, 0.1) is 5.92 Å². The number of hydrogen-bond donors (Lipinski definition) is 1. The van der Waals surface area contributed by atoms with E-state index in [1.54, 1.807) is 12.1 Å². The summed E-state index contributed by atoms with van der Waals surface area (Å²) in [6.45, 7) is 0. The van der Waals surface area contributed by atoms with Gasteiger partial charge in [0.2, 0.25) is 0 Å². The van der Waals surface area contributed by atoms with Crippen molar-refractivity contribution in [1.82, 2.24) is 0 Å². The van der Waals surface area contributed by atoms with Crippen LogP contribution < -0.4 is 10.5 Å². The van der Waals surface area contributed by atoms with Gasteiger partial charge in [0.15, 0.2) is 0 Å². The minimum absolute atomic E-state index is 0.179. The van der Waals surface area contributed by atoms with Gasteiger partial charge in [-0.05, 0) is 49.3 Å². The van der Waals surface area contributed by atoms with E-state index in [1.807, 2.05) is 0 Å². The number of alkyl halides is 3. The molecule has 0 heterocycles. The second-order valence-corrected chi connectivity index (χ2v) is 5.44. The fraction of sp³-hybridized carbons (Fsp3) is 0.600. The van der Waals surface area contributed by atoms with E-state index in [-0.39, 0.29) is 11.8 Å². The number of nitrogens with two attached hydrogens (primary N) is 1. The van der Waals surface area contributed by atoms with Crippen LogP contribution in [0.3, 0.4) is 0 Å². The van der Waals surface area contributed by atoms with Gasteiger partial charge in [-0.3, -0.25) is 0 Å². The lowest BCUT2D eigenvalue weighted by atomic mass is 9.93. The molecule has 0 aliphatic heterocycles. The maximum absolute atomic E-state index is 12.0. The van der Waals surface area contributed by atoms with E-state index in [9.17, 15) is 13.2 Å². The first-order valence-corrected chi connectivity index (χ1v) is 7.04. The molecule has 1 aromatic carbocycles. The first-order valence-electron chi connectivity index (χ1n) is 7.04. The van der Waals surface area contributed by atoms with Crippen LogP contribution in [-0.4, -0.2) is 12.4 Å². The van der Waals surface area contributed by atoms with Crippen molar-refractivity contribution in [1.29, 1.82) is 0 Å². The third-order valence-electron chi connectivity index (χ3n) is 3.93. The number of aryl methyl sites for hydroxylation is 1. The highest BCUT2D eigenvalue weighted by atomic mass is 19.4. The molecule has 0 amide bonds. The van der Waals surface area contributed by atoms with Crippen molar-refractivity contribution in [3.8, 4) is 5.75 Å².